The number of ether oxygens (including phenoxy) is 1. The molecule has 1 aromatic heterocycles. The number of thiazole rings is 1. The summed E-state index contributed by atoms with van der Waals surface area (Å²) in [7, 11) is 0. The highest BCUT2D eigenvalue weighted by Crippen LogP contribution is 2.47. The molecule has 94 valence electrons. The molecule has 1 aromatic rings. The fourth-order valence-corrected chi connectivity index (χ4v) is 3.88. The zero-order chi connectivity index (χ0) is 11.9. The van der Waals surface area contributed by atoms with Crippen molar-refractivity contribution in [2.24, 2.45) is 5.73 Å². The predicted octanol–water partition coefficient (Wildman–Crippen LogP) is 2.90. The summed E-state index contributed by atoms with van der Waals surface area (Å²) >= 11 is 1.74. The van der Waals surface area contributed by atoms with Gasteiger partial charge in [0.25, 0.3) is 0 Å². The van der Waals surface area contributed by atoms with Crippen LogP contribution in [-0.4, -0.2) is 11.6 Å². The second-order valence-corrected chi connectivity index (χ2v) is 6.19. The van der Waals surface area contributed by atoms with Crippen LogP contribution >= 0.6 is 11.3 Å². The molecule has 0 radical (unpaired) electrons. The lowest BCUT2D eigenvalue weighted by atomic mass is 10.0. The lowest BCUT2D eigenvalue weighted by Gasteiger charge is -2.26. The third-order valence-electron chi connectivity index (χ3n) is 4.02. The molecule has 3 rings (SSSR count). The highest BCUT2D eigenvalue weighted by atomic mass is 32.1. The van der Waals surface area contributed by atoms with Gasteiger partial charge in [0, 0.05) is 12.0 Å². The Labute approximate surface area is 106 Å². The third-order valence-corrected chi connectivity index (χ3v) is 5.05. The highest BCUT2D eigenvalue weighted by molar-refractivity contribution is 7.09. The van der Waals surface area contributed by atoms with Gasteiger partial charge in [0.2, 0.25) is 0 Å². The standard InChI is InChI=1S/C13H20N2OS/c1-2-16-13(5-3-4-6-13)11-15-10(9-17-11)12(14)7-8-12/h9H,2-8,14H2,1H3. The fraction of sp³-hybridized carbons (Fsp3) is 0.769. The average molecular weight is 252 g/mol. The van der Waals surface area contributed by atoms with Gasteiger partial charge in [-0.15, -0.1) is 11.3 Å². The molecular formula is C13H20N2OS. The molecule has 2 fully saturated rings. The van der Waals surface area contributed by atoms with E-state index in [2.05, 4.69) is 12.3 Å². The Balaban J connectivity index is 1.88. The largest absolute Gasteiger partial charge is 0.368 e. The molecule has 4 heteroatoms. The topological polar surface area (TPSA) is 48.1 Å². The molecular weight excluding hydrogens is 232 g/mol. The van der Waals surface area contributed by atoms with Crippen LogP contribution in [0.3, 0.4) is 0 Å². The summed E-state index contributed by atoms with van der Waals surface area (Å²) in [6, 6.07) is 0. The zero-order valence-electron chi connectivity index (χ0n) is 10.4. The van der Waals surface area contributed by atoms with Crippen molar-refractivity contribution in [1.82, 2.24) is 4.98 Å². The number of aromatic nitrogens is 1. The summed E-state index contributed by atoms with van der Waals surface area (Å²) in [5, 5.41) is 3.30. The maximum Gasteiger partial charge on any atom is 0.125 e. The van der Waals surface area contributed by atoms with Crippen LogP contribution in [0.25, 0.3) is 0 Å². The van der Waals surface area contributed by atoms with Gasteiger partial charge in [-0.25, -0.2) is 4.98 Å². The summed E-state index contributed by atoms with van der Waals surface area (Å²) in [5.74, 6) is 0. The normalized spacial score (nSPS) is 25.1. The Morgan fingerprint density at radius 2 is 2.06 bits per heavy atom. The van der Waals surface area contributed by atoms with Crippen LogP contribution in [0.2, 0.25) is 0 Å². The highest BCUT2D eigenvalue weighted by Gasteiger charge is 2.45. The van der Waals surface area contributed by atoms with Gasteiger partial charge in [-0.05, 0) is 32.6 Å². The molecule has 0 unspecified atom stereocenters. The minimum Gasteiger partial charge on any atom is -0.368 e. The van der Waals surface area contributed by atoms with Gasteiger partial charge >= 0.3 is 0 Å². The molecule has 17 heavy (non-hydrogen) atoms. The van der Waals surface area contributed by atoms with Gasteiger partial charge in [0.15, 0.2) is 0 Å². The van der Waals surface area contributed by atoms with Crippen molar-refractivity contribution in [2.75, 3.05) is 6.61 Å². The lowest BCUT2D eigenvalue weighted by molar-refractivity contribution is -0.0392. The molecule has 2 saturated carbocycles. The van der Waals surface area contributed by atoms with Crippen LogP contribution < -0.4 is 5.73 Å². The van der Waals surface area contributed by atoms with E-state index in [0.717, 1.165) is 43.0 Å². The van der Waals surface area contributed by atoms with E-state index < -0.39 is 0 Å². The SMILES string of the molecule is CCOC1(c2nc(C3(N)CC3)cs2)CCCC1. The van der Waals surface area contributed by atoms with Crippen molar-refractivity contribution in [3.05, 3.63) is 16.1 Å². The second kappa shape index (κ2) is 4.04. The van der Waals surface area contributed by atoms with Gasteiger partial charge in [-0.1, -0.05) is 12.8 Å². The Kier molecular flexibility index (Phi) is 2.76. The Bertz CT molecular complexity index is 405. The molecule has 0 saturated heterocycles. The van der Waals surface area contributed by atoms with E-state index in [0.29, 0.717) is 0 Å². The minimum atomic E-state index is -0.110. The molecule has 2 N–H and O–H groups in total. The molecule has 3 nitrogen and oxygen atoms in total. The van der Waals surface area contributed by atoms with Gasteiger partial charge in [0.1, 0.15) is 10.6 Å². The van der Waals surface area contributed by atoms with Crippen LogP contribution in [0.4, 0.5) is 0 Å². The van der Waals surface area contributed by atoms with Crippen LogP contribution in [0.1, 0.15) is 56.2 Å². The molecule has 0 aromatic carbocycles. The van der Waals surface area contributed by atoms with Gasteiger partial charge in [-0.3, -0.25) is 0 Å². The summed E-state index contributed by atoms with van der Waals surface area (Å²) in [6.07, 6.45) is 6.90. The molecule has 2 aliphatic carbocycles. The van der Waals surface area contributed by atoms with Crippen LogP contribution in [0.15, 0.2) is 5.38 Å². The Morgan fingerprint density at radius 3 is 2.65 bits per heavy atom. The molecule has 0 spiro atoms. The van der Waals surface area contributed by atoms with Crippen molar-refractivity contribution in [3.8, 4) is 0 Å². The maximum atomic E-state index is 6.20. The molecule has 1 heterocycles. The summed E-state index contributed by atoms with van der Waals surface area (Å²) < 4.78 is 6.03. The van der Waals surface area contributed by atoms with Gasteiger partial charge < -0.3 is 10.5 Å². The molecule has 2 aliphatic rings. The number of hydrogen-bond acceptors (Lipinski definition) is 4. The summed E-state index contributed by atoms with van der Waals surface area (Å²) in [4.78, 5) is 4.79. The Morgan fingerprint density at radius 1 is 1.35 bits per heavy atom. The lowest BCUT2D eigenvalue weighted by Crippen LogP contribution is -2.27. The maximum absolute atomic E-state index is 6.20. The number of nitrogens with two attached hydrogens (primary N) is 1. The van der Waals surface area contributed by atoms with E-state index in [1.54, 1.807) is 11.3 Å². The van der Waals surface area contributed by atoms with E-state index in [4.69, 9.17) is 15.5 Å². The van der Waals surface area contributed by atoms with E-state index in [1.165, 1.54) is 12.8 Å². The first-order valence-corrected chi connectivity index (χ1v) is 7.46. The smallest absolute Gasteiger partial charge is 0.125 e. The van der Waals surface area contributed by atoms with Crippen LogP contribution in [0.5, 0.6) is 0 Å². The van der Waals surface area contributed by atoms with E-state index in [1.807, 2.05) is 0 Å². The number of hydrogen-bond donors (Lipinski definition) is 1. The first kappa shape index (κ1) is 11.6. The number of rotatable bonds is 4. The molecule has 0 amide bonds. The molecule has 0 bridgehead atoms. The average Bonchev–Trinajstić information content (AvgIpc) is 2.79. The van der Waals surface area contributed by atoms with Crippen LogP contribution in [-0.2, 0) is 15.9 Å². The third kappa shape index (κ3) is 1.92. The molecule has 0 atom stereocenters. The van der Waals surface area contributed by atoms with Crippen molar-refractivity contribution < 1.29 is 4.74 Å². The zero-order valence-corrected chi connectivity index (χ0v) is 11.2. The van der Waals surface area contributed by atoms with E-state index >= 15 is 0 Å². The van der Waals surface area contributed by atoms with Crippen LogP contribution in [0, 0.1) is 0 Å². The molecule has 0 aliphatic heterocycles. The van der Waals surface area contributed by atoms with Crippen molar-refractivity contribution in [2.45, 2.75) is 56.6 Å². The van der Waals surface area contributed by atoms with Crippen molar-refractivity contribution in [3.63, 3.8) is 0 Å². The monoisotopic (exact) mass is 252 g/mol. The van der Waals surface area contributed by atoms with Crippen molar-refractivity contribution >= 4 is 11.3 Å². The Hall–Kier alpha value is -0.450. The minimum absolute atomic E-state index is 0.0943. The quantitative estimate of drug-likeness (QED) is 0.896. The van der Waals surface area contributed by atoms with Gasteiger partial charge in [0.05, 0.1) is 11.2 Å². The van der Waals surface area contributed by atoms with E-state index in [9.17, 15) is 0 Å². The fourth-order valence-electron chi connectivity index (χ4n) is 2.74. The second-order valence-electron chi connectivity index (χ2n) is 5.33. The summed E-state index contributed by atoms with van der Waals surface area (Å²) in [5.41, 5.74) is 7.08. The predicted molar refractivity (Wildman–Crippen MR) is 69.0 cm³/mol. The van der Waals surface area contributed by atoms with Gasteiger partial charge in [-0.2, -0.15) is 0 Å². The van der Waals surface area contributed by atoms with Crippen molar-refractivity contribution in [1.29, 1.82) is 0 Å². The summed E-state index contributed by atoms with van der Waals surface area (Å²) in [6.45, 7) is 2.84. The van der Waals surface area contributed by atoms with E-state index in [-0.39, 0.29) is 11.1 Å². The first-order valence-electron chi connectivity index (χ1n) is 6.58. The first-order chi connectivity index (χ1) is 8.19. The number of nitrogens with zero attached hydrogens (tertiary/aromatic N) is 1.